The quantitative estimate of drug-likeness (QED) is 0.534. The van der Waals surface area contributed by atoms with Crippen LogP contribution in [-0.4, -0.2) is 25.7 Å². The van der Waals surface area contributed by atoms with E-state index >= 15 is 0 Å². The number of halogens is 2. The molecular weight excluding hydrogens is 379 g/mol. The molecule has 2 aromatic heterocycles. The minimum atomic E-state index is 0.325. The molecule has 0 saturated heterocycles. The molecule has 0 amide bonds. The van der Waals surface area contributed by atoms with Gasteiger partial charge in [-0.05, 0) is 43.4 Å². The first kappa shape index (κ1) is 17.4. The van der Waals surface area contributed by atoms with Crippen molar-refractivity contribution >= 4 is 41.6 Å². The molecule has 0 aliphatic rings. The van der Waals surface area contributed by atoms with E-state index in [1.807, 2.05) is 14.0 Å². The van der Waals surface area contributed by atoms with E-state index in [1.165, 1.54) is 4.68 Å². The SMILES string of the molecule is Cc1c(/C=N\n2c(-c3ccc(Cl)cc3Cl)n[nH]c2=S)cc(C#N)n1C. The maximum atomic E-state index is 9.12. The van der Waals surface area contributed by atoms with Crippen molar-refractivity contribution in [3.63, 3.8) is 0 Å². The largest absolute Gasteiger partial charge is 0.339 e. The van der Waals surface area contributed by atoms with Crippen molar-refractivity contribution in [2.75, 3.05) is 0 Å². The number of nitriles is 1. The van der Waals surface area contributed by atoms with Crippen LogP contribution in [0.25, 0.3) is 11.4 Å². The van der Waals surface area contributed by atoms with Crippen LogP contribution in [0.1, 0.15) is 17.0 Å². The molecule has 0 unspecified atom stereocenters. The van der Waals surface area contributed by atoms with Crippen LogP contribution >= 0.6 is 35.4 Å². The summed E-state index contributed by atoms with van der Waals surface area (Å²) in [5, 5.41) is 21.4. The average Bonchev–Trinajstić information content (AvgIpc) is 3.07. The van der Waals surface area contributed by atoms with Crippen LogP contribution in [0, 0.1) is 23.0 Å². The maximum Gasteiger partial charge on any atom is 0.216 e. The highest BCUT2D eigenvalue weighted by atomic mass is 35.5. The summed E-state index contributed by atoms with van der Waals surface area (Å²) in [5.74, 6) is 0.469. The summed E-state index contributed by atoms with van der Waals surface area (Å²) in [7, 11) is 1.83. The third-order valence-electron chi connectivity index (χ3n) is 3.82. The van der Waals surface area contributed by atoms with E-state index in [2.05, 4.69) is 21.4 Å². The van der Waals surface area contributed by atoms with E-state index in [0.717, 1.165) is 11.3 Å². The van der Waals surface area contributed by atoms with Crippen LogP contribution in [0.4, 0.5) is 0 Å². The Morgan fingerprint density at radius 2 is 2.12 bits per heavy atom. The van der Waals surface area contributed by atoms with Crippen LogP contribution in [0.15, 0.2) is 29.4 Å². The lowest BCUT2D eigenvalue weighted by Gasteiger charge is -2.04. The number of H-pyrrole nitrogens is 1. The third kappa shape index (κ3) is 3.24. The van der Waals surface area contributed by atoms with E-state index < -0.39 is 0 Å². The molecule has 1 aromatic carbocycles. The molecule has 0 aliphatic heterocycles. The molecule has 0 aliphatic carbocycles. The molecule has 0 bridgehead atoms. The Kier molecular flexibility index (Phi) is 4.77. The van der Waals surface area contributed by atoms with Gasteiger partial charge in [0.25, 0.3) is 0 Å². The van der Waals surface area contributed by atoms with Crippen molar-refractivity contribution in [1.82, 2.24) is 19.4 Å². The lowest BCUT2D eigenvalue weighted by atomic mass is 10.2. The van der Waals surface area contributed by atoms with Gasteiger partial charge in [0.2, 0.25) is 4.77 Å². The summed E-state index contributed by atoms with van der Waals surface area (Å²) in [6.45, 7) is 1.91. The summed E-state index contributed by atoms with van der Waals surface area (Å²) >= 11 is 17.4. The number of rotatable bonds is 3. The summed E-state index contributed by atoms with van der Waals surface area (Å²) in [6, 6.07) is 9.00. The number of nitrogens with one attached hydrogen (secondary N) is 1. The zero-order chi connectivity index (χ0) is 18.1. The normalized spacial score (nSPS) is 11.2. The first-order chi connectivity index (χ1) is 11.9. The second-order valence-corrected chi connectivity index (χ2v) is 6.50. The molecule has 0 atom stereocenters. The fourth-order valence-corrected chi connectivity index (χ4v) is 3.00. The van der Waals surface area contributed by atoms with E-state index in [-0.39, 0.29) is 0 Å². The highest BCUT2D eigenvalue weighted by Gasteiger charge is 2.13. The van der Waals surface area contributed by atoms with Gasteiger partial charge in [-0.3, -0.25) is 0 Å². The van der Waals surface area contributed by atoms with Crippen LogP contribution in [-0.2, 0) is 7.05 Å². The van der Waals surface area contributed by atoms with Crippen LogP contribution in [0.3, 0.4) is 0 Å². The molecule has 2 heterocycles. The van der Waals surface area contributed by atoms with Gasteiger partial charge in [-0.25, -0.2) is 5.10 Å². The minimum absolute atomic E-state index is 0.325. The fourth-order valence-electron chi connectivity index (χ4n) is 2.32. The zero-order valence-electron chi connectivity index (χ0n) is 13.3. The zero-order valence-corrected chi connectivity index (χ0v) is 15.6. The van der Waals surface area contributed by atoms with E-state index in [9.17, 15) is 0 Å². The van der Waals surface area contributed by atoms with Crippen molar-refractivity contribution < 1.29 is 0 Å². The molecule has 1 N–H and O–H groups in total. The van der Waals surface area contributed by atoms with E-state index in [1.54, 1.807) is 35.0 Å². The number of hydrogen-bond acceptors (Lipinski definition) is 4. The van der Waals surface area contributed by atoms with Gasteiger partial charge in [-0.15, -0.1) is 0 Å². The summed E-state index contributed by atoms with van der Waals surface area (Å²) < 4.78 is 3.60. The molecule has 6 nitrogen and oxygen atoms in total. The Bertz CT molecular complexity index is 1080. The first-order valence-corrected chi connectivity index (χ1v) is 8.32. The minimum Gasteiger partial charge on any atom is -0.339 e. The molecule has 3 aromatic rings. The Balaban J connectivity index is 2.07. The molecule has 0 spiro atoms. The second-order valence-electron chi connectivity index (χ2n) is 5.27. The first-order valence-electron chi connectivity index (χ1n) is 7.16. The van der Waals surface area contributed by atoms with Gasteiger partial charge in [0.05, 0.1) is 11.2 Å². The van der Waals surface area contributed by atoms with E-state index in [0.29, 0.717) is 31.9 Å². The van der Waals surface area contributed by atoms with E-state index in [4.69, 9.17) is 40.7 Å². The van der Waals surface area contributed by atoms with Crippen molar-refractivity contribution in [3.05, 3.63) is 56.0 Å². The van der Waals surface area contributed by atoms with Gasteiger partial charge >= 0.3 is 0 Å². The molecule has 25 heavy (non-hydrogen) atoms. The molecule has 3 rings (SSSR count). The highest BCUT2D eigenvalue weighted by molar-refractivity contribution is 7.71. The Morgan fingerprint density at radius 1 is 1.36 bits per heavy atom. The average molecular weight is 391 g/mol. The second kappa shape index (κ2) is 6.84. The maximum absolute atomic E-state index is 9.12. The number of nitrogens with zero attached hydrogens (tertiary/aromatic N) is 5. The summed E-state index contributed by atoms with van der Waals surface area (Å²) in [6.07, 6.45) is 1.63. The van der Waals surface area contributed by atoms with Crippen molar-refractivity contribution in [3.8, 4) is 17.5 Å². The van der Waals surface area contributed by atoms with Crippen molar-refractivity contribution in [2.45, 2.75) is 6.92 Å². The summed E-state index contributed by atoms with van der Waals surface area (Å²) in [4.78, 5) is 0. The number of benzene rings is 1. The molecule has 0 saturated carbocycles. The van der Waals surface area contributed by atoms with Gasteiger partial charge < -0.3 is 4.57 Å². The van der Waals surface area contributed by atoms with Gasteiger partial charge in [-0.1, -0.05) is 23.2 Å². The van der Waals surface area contributed by atoms with Gasteiger partial charge in [0.1, 0.15) is 11.8 Å². The Morgan fingerprint density at radius 3 is 2.76 bits per heavy atom. The van der Waals surface area contributed by atoms with Gasteiger partial charge in [0.15, 0.2) is 5.82 Å². The molecule has 9 heteroatoms. The summed E-state index contributed by atoms with van der Waals surface area (Å²) in [5.41, 5.74) is 2.94. The number of hydrogen-bond donors (Lipinski definition) is 1. The van der Waals surface area contributed by atoms with Crippen molar-refractivity contribution in [1.29, 1.82) is 5.26 Å². The van der Waals surface area contributed by atoms with Crippen LogP contribution in [0.2, 0.25) is 10.0 Å². The molecular formula is C16H12Cl2N6S. The molecule has 126 valence electrons. The Labute approximate surface area is 158 Å². The Hall–Kier alpha value is -2.40. The number of aromatic nitrogens is 4. The lowest BCUT2D eigenvalue weighted by molar-refractivity contribution is 0.860. The molecule has 0 fully saturated rings. The lowest BCUT2D eigenvalue weighted by Crippen LogP contribution is -1.97. The topological polar surface area (TPSA) is 74.7 Å². The monoisotopic (exact) mass is 390 g/mol. The highest BCUT2D eigenvalue weighted by Crippen LogP contribution is 2.29. The smallest absolute Gasteiger partial charge is 0.216 e. The standard InChI is InChI=1S/C16H12Cl2N6S/c1-9-10(5-12(7-19)23(9)2)8-20-24-15(21-22-16(24)25)13-4-3-11(17)6-14(13)18/h3-6,8H,1-2H3,(H,22,25)/b20-8-. The van der Waals surface area contributed by atoms with Crippen molar-refractivity contribution in [2.24, 2.45) is 12.1 Å². The van der Waals surface area contributed by atoms with Gasteiger partial charge in [-0.2, -0.15) is 20.1 Å². The van der Waals surface area contributed by atoms with Crippen LogP contribution in [0.5, 0.6) is 0 Å². The molecule has 0 radical (unpaired) electrons. The van der Waals surface area contributed by atoms with Crippen LogP contribution < -0.4 is 0 Å². The third-order valence-corrected chi connectivity index (χ3v) is 4.64. The fraction of sp³-hybridized carbons (Fsp3) is 0.125. The predicted molar refractivity (Wildman–Crippen MR) is 101 cm³/mol. The van der Waals surface area contributed by atoms with Gasteiger partial charge in [0, 0.05) is 28.9 Å². The predicted octanol–water partition coefficient (Wildman–Crippen LogP) is 4.32. The number of aromatic amines is 1.